The van der Waals surface area contributed by atoms with Crippen molar-refractivity contribution in [2.75, 3.05) is 6.54 Å². The van der Waals surface area contributed by atoms with Gasteiger partial charge in [0.1, 0.15) is 0 Å². The van der Waals surface area contributed by atoms with Gasteiger partial charge in [-0.3, -0.25) is 0 Å². The summed E-state index contributed by atoms with van der Waals surface area (Å²) in [6, 6.07) is 4.16. The largest absolute Gasteiger partial charge is 0.388 e. The Kier molecular flexibility index (Phi) is 3.44. The van der Waals surface area contributed by atoms with Crippen LogP contribution in [0.5, 0.6) is 0 Å². The molecule has 0 spiro atoms. The van der Waals surface area contributed by atoms with Crippen LogP contribution >= 0.6 is 15.9 Å². The summed E-state index contributed by atoms with van der Waals surface area (Å²) < 4.78 is 1.14. The van der Waals surface area contributed by atoms with E-state index >= 15 is 0 Å². The minimum atomic E-state index is -0.419. The highest BCUT2D eigenvalue weighted by molar-refractivity contribution is 9.10. The molecule has 0 heterocycles. The van der Waals surface area contributed by atoms with Crippen LogP contribution in [0.3, 0.4) is 0 Å². The highest BCUT2D eigenvalue weighted by Crippen LogP contribution is 2.32. The van der Waals surface area contributed by atoms with Gasteiger partial charge in [-0.1, -0.05) is 22.0 Å². The van der Waals surface area contributed by atoms with Gasteiger partial charge in [-0.25, -0.2) is 0 Å². The van der Waals surface area contributed by atoms with Crippen molar-refractivity contribution >= 4 is 15.9 Å². The predicted molar refractivity (Wildman–Crippen MR) is 64.8 cm³/mol. The fourth-order valence-corrected chi connectivity index (χ4v) is 2.91. The molecule has 0 fully saturated rings. The summed E-state index contributed by atoms with van der Waals surface area (Å²) in [5.41, 5.74) is 9.24. The molecule has 2 rings (SSSR count). The first-order chi connectivity index (χ1) is 7.22. The van der Waals surface area contributed by atoms with E-state index in [1.54, 1.807) is 0 Å². The van der Waals surface area contributed by atoms with Crippen LogP contribution in [0.1, 0.15) is 35.6 Å². The molecule has 2 nitrogen and oxygen atoms in total. The molecule has 1 unspecified atom stereocenters. The second-order valence-electron chi connectivity index (χ2n) is 4.09. The summed E-state index contributed by atoms with van der Waals surface area (Å²) in [7, 11) is 0. The average Bonchev–Trinajstić information content (AvgIpc) is 2.66. The minimum absolute atomic E-state index is 0.419. The number of hydrogen-bond acceptors (Lipinski definition) is 2. The predicted octanol–water partition coefficient (Wildman–Crippen LogP) is 2.32. The lowest BCUT2D eigenvalue weighted by Gasteiger charge is -2.12. The zero-order valence-corrected chi connectivity index (χ0v) is 10.3. The SMILES string of the molecule is NCCC(O)c1cc(Br)c2c(c1)CCC2. The maximum absolute atomic E-state index is 9.88. The maximum Gasteiger partial charge on any atom is 0.0802 e. The van der Waals surface area contributed by atoms with Crippen LogP contribution in [0, 0.1) is 0 Å². The van der Waals surface area contributed by atoms with Crippen molar-refractivity contribution < 1.29 is 5.11 Å². The Balaban J connectivity index is 2.30. The number of benzene rings is 1. The standard InChI is InChI=1S/C12H16BrNO/c13-11-7-9(12(15)4-5-14)6-8-2-1-3-10(8)11/h6-7,12,15H,1-5,14H2. The van der Waals surface area contributed by atoms with Gasteiger partial charge in [0.2, 0.25) is 0 Å². The van der Waals surface area contributed by atoms with Gasteiger partial charge in [0.15, 0.2) is 0 Å². The summed E-state index contributed by atoms with van der Waals surface area (Å²) in [5.74, 6) is 0. The van der Waals surface area contributed by atoms with Crippen molar-refractivity contribution in [2.24, 2.45) is 5.73 Å². The molecule has 1 aliphatic carbocycles. The number of aliphatic hydroxyl groups is 1. The topological polar surface area (TPSA) is 46.2 Å². The Morgan fingerprint density at radius 1 is 1.40 bits per heavy atom. The Hall–Kier alpha value is -0.380. The van der Waals surface area contributed by atoms with E-state index in [1.807, 2.05) is 6.07 Å². The van der Waals surface area contributed by atoms with E-state index in [0.717, 1.165) is 22.9 Å². The first-order valence-electron chi connectivity index (χ1n) is 5.41. The van der Waals surface area contributed by atoms with Crippen LogP contribution < -0.4 is 5.73 Å². The van der Waals surface area contributed by atoms with E-state index in [4.69, 9.17) is 5.73 Å². The first kappa shape index (κ1) is 11.1. The lowest BCUT2D eigenvalue weighted by Crippen LogP contribution is -2.07. The van der Waals surface area contributed by atoms with Crippen LogP contribution in [-0.2, 0) is 12.8 Å². The number of fused-ring (bicyclic) bond motifs is 1. The molecule has 82 valence electrons. The van der Waals surface area contributed by atoms with Crippen molar-refractivity contribution in [1.82, 2.24) is 0 Å². The molecule has 0 amide bonds. The monoisotopic (exact) mass is 269 g/mol. The molecular formula is C12H16BrNO. The number of rotatable bonds is 3. The third kappa shape index (κ3) is 2.25. The molecule has 1 aromatic carbocycles. The van der Waals surface area contributed by atoms with Crippen LogP contribution in [0.25, 0.3) is 0 Å². The van der Waals surface area contributed by atoms with Gasteiger partial charge in [-0.15, -0.1) is 0 Å². The van der Waals surface area contributed by atoms with Gasteiger partial charge >= 0.3 is 0 Å². The third-order valence-electron chi connectivity index (χ3n) is 3.01. The van der Waals surface area contributed by atoms with Crippen LogP contribution in [0.4, 0.5) is 0 Å². The molecule has 0 saturated heterocycles. The number of nitrogens with two attached hydrogens (primary N) is 1. The van der Waals surface area contributed by atoms with Crippen molar-refractivity contribution in [2.45, 2.75) is 31.8 Å². The first-order valence-corrected chi connectivity index (χ1v) is 6.21. The Morgan fingerprint density at radius 2 is 2.20 bits per heavy atom. The molecule has 1 aliphatic rings. The molecule has 0 bridgehead atoms. The molecule has 0 aromatic heterocycles. The van der Waals surface area contributed by atoms with Gasteiger partial charge in [0.05, 0.1) is 6.10 Å². The Morgan fingerprint density at radius 3 is 2.93 bits per heavy atom. The number of aliphatic hydroxyl groups excluding tert-OH is 1. The second kappa shape index (κ2) is 4.64. The van der Waals surface area contributed by atoms with E-state index in [1.165, 1.54) is 17.5 Å². The molecule has 0 aliphatic heterocycles. The van der Waals surface area contributed by atoms with Gasteiger partial charge in [0, 0.05) is 4.47 Å². The van der Waals surface area contributed by atoms with Crippen molar-refractivity contribution in [3.8, 4) is 0 Å². The zero-order chi connectivity index (χ0) is 10.8. The van der Waals surface area contributed by atoms with Crippen molar-refractivity contribution in [3.63, 3.8) is 0 Å². The number of hydrogen-bond donors (Lipinski definition) is 2. The second-order valence-corrected chi connectivity index (χ2v) is 4.94. The van der Waals surface area contributed by atoms with E-state index in [0.29, 0.717) is 13.0 Å². The highest BCUT2D eigenvalue weighted by atomic mass is 79.9. The molecule has 3 N–H and O–H groups in total. The Labute approximate surface area is 98.6 Å². The summed E-state index contributed by atoms with van der Waals surface area (Å²) in [5, 5.41) is 9.88. The highest BCUT2D eigenvalue weighted by Gasteiger charge is 2.17. The summed E-state index contributed by atoms with van der Waals surface area (Å²) in [6.07, 6.45) is 3.73. The van der Waals surface area contributed by atoms with Gasteiger partial charge in [0.25, 0.3) is 0 Å². The fourth-order valence-electron chi connectivity index (χ4n) is 2.19. The minimum Gasteiger partial charge on any atom is -0.388 e. The maximum atomic E-state index is 9.88. The summed E-state index contributed by atoms with van der Waals surface area (Å²) in [6.45, 7) is 0.524. The average molecular weight is 270 g/mol. The van der Waals surface area contributed by atoms with Crippen LogP contribution in [0.2, 0.25) is 0 Å². The third-order valence-corrected chi connectivity index (χ3v) is 3.72. The lowest BCUT2D eigenvalue weighted by atomic mass is 10.0. The normalized spacial score (nSPS) is 16.5. The molecule has 0 saturated carbocycles. The molecule has 3 heteroatoms. The van der Waals surface area contributed by atoms with Crippen molar-refractivity contribution in [3.05, 3.63) is 33.3 Å². The lowest BCUT2D eigenvalue weighted by molar-refractivity contribution is 0.170. The molecule has 1 aromatic rings. The Bertz CT molecular complexity index is 365. The van der Waals surface area contributed by atoms with Gasteiger partial charge in [-0.05, 0) is 55.0 Å². The molecule has 15 heavy (non-hydrogen) atoms. The van der Waals surface area contributed by atoms with Gasteiger partial charge < -0.3 is 10.8 Å². The zero-order valence-electron chi connectivity index (χ0n) is 8.67. The van der Waals surface area contributed by atoms with Crippen LogP contribution in [0.15, 0.2) is 16.6 Å². The quantitative estimate of drug-likeness (QED) is 0.885. The molecule has 0 radical (unpaired) electrons. The number of aryl methyl sites for hydroxylation is 1. The van der Waals surface area contributed by atoms with E-state index < -0.39 is 6.10 Å². The van der Waals surface area contributed by atoms with Crippen LogP contribution in [-0.4, -0.2) is 11.7 Å². The molecular weight excluding hydrogens is 254 g/mol. The van der Waals surface area contributed by atoms with E-state index in [2.05, 4.69) is 22.0 Å². The number of halogens is 1. The van der Waals surface area contributed by atoms with Gasteiger partial charge in [-0.2, -0.15) is 0 Å². The molecule has 1 atom stereocenters. The summed E-state index contributed by atoms with van der Waals surface area (Å²) >= 11 is 3.58. The smallest absolute Gasteiger partial charge is 0.0802 e. The summed E-state index contributed by atoms with van der Waals surface area (Å²) in [4.78, 5) is 0. The van der Waals surface area contributed by atoms with E-state index in [9.17, 15) is 5.11 Å². The van der Waals surface area contributed by atoms with Crippen molar-refractivity contribution in [1.29, 1.82) is 0 Å². The fraction of sp³-hybridized carbons (Fsp3) is 0.500. The van der Waals surface area contributed by atoms with E-state index in [-0.39, 0.29) is 0 Å².